The molecule has 1 fully saturated rings. The lowest BCUT2D eigenvalue weighted by Gasteiger charge is -2.39. The fourth-order valence-corrected chi connectivity index (χ4v) is 3.99. The third kappa shape index (κ3) is 4.91. The molecule has 7 heteroatoms. The highest BCUT2D eigenvalue weighted by molar-refractivity contribution is 9.10. The van der Waals surface area contributed by atoms with E-state index in [2.05, 4.69) is 31.0 Å². The second-order valence-electron chi connectivity index (χ2n) is 7.25. The first-order chi connectivity index (χ1) is 14.6. The van der Waals surface area contributed by atoms with Crippen LogP contribution in [0, 0.1) is 5.82 Å². The maximum absolute atomic E-state index is 13.2. The number of nitrogens with zero attached hydrogens (tertiary/aromatic N) is 2. The van der Waals surface area contributed by atoms with Gasteiger partial charge in [-0.1, -0.05) is 15.9 Å². The number of carbonyl (C=O) groups is 1. The quantitative estimate of drug-likeness (QED) is 0.575. The number of piperazine rings is 1. The first kappa shape index (κ1) is 20.6. The van der Waals surface area contributed by atoms with Crippen LogP contribution in [0.1, 0.15) is 22.2 Å². The Morgan fingerprint density at radius 1 is 1.03 bits per heavy atom. The number of carbonyl (C=O) groups excluding carboxylic acids is 1. The molecule has 1 aromatic heterocycles. The molecule has 1 amide bonds. The van der Waals surface area contributed by atoms with Crippen molar-refractivity contribution in [3.63, 3.8) is 0 Å². The number of hydrogen-bond donors (Lipinski definition) is 1. The Hall–Kier alpha value is -2.64. The summed E-state index contributed by atoms with van der Waals surface area (Å²) in [5.41, 5.74) is 1.65. The van der Waals surface area contributed by atoms with Crippen LogP contribution in [-0.4, -0.2) is 43.5 Å². The Morgan fingerprint density at radius 2 is 1.73 bits per heavy atom. The minimum absolute atomic E-state index is 0.0465. The minimum atomic E-state index is -0.225. The van der Waals surface area contributed by atoms with Gasteiger partial charge in [-0.15, -0.1) is 0 Å². The first-order valence-electron chi connectivity index (χ1n) is 9.92. The number of nitrogens with one attached hydrogen (secondary N) is 1. The van der Waals surface area contributed by atoms with E-state index in [9.17, 15) is 9.18 Å². The molecule has 2 aromatic carbocycles. The molecule has 1 atom stereocenters. The van der Waals surface area contributed by atoms with Crippen molar-refractivity contribution in [2.24, 2.45) is 0 Å². The normalized spacial score (nSPS) is 15.7. The van der Waals surface area contributed by atoms with Crippen LogP contribution in [-0.2, 0) is 0 Å². The molecule has 156 valence electrons. The fraction of sp³-hybridized carbons (Fsp3) is 0.261. The molecular formula is C23H23BrFN3O2. The van der Waals surface area contributed by atoms with Crippen molar-refractivity contribution in [2.45, 2.75) is 6.04 Å². The van der Waals surface area contributed by atoms with E-state index in [1.54, 1.807) is 18.4 Å². The van der Waals surface area contributed by atoms with E-state index in [-0.39, 0.29) is 17.8 Å². The van der Waals surface area contributed by atoms with Crippen molar-refractivity contribution in [1.82, 2.24) is 10.2 Å². The predicted octanol–water partition coefficient (Wildman–Crippen LogP) is 4.47. The number of hydrogen-bond acceptors (Lipinski definition) is 4. The Labute approximate surface area is 183 Å². The van der Waals surface area contributed by atoms with E-state index in [0.717, 1.165) is 42.1 Å². The molecule has 1 saturated heterocycles. The van der Waals surface area contributed by atoms with Crippen molar-refractivity contribution in [3.05, 3.63) is 88.5 Å². The molecule has 0 aliphatic carbocycles. The summed E-state index contributed by atoms with van der Waals surface area (Å²) in [6.07, 6.45) is 1.66. The number of benzene rings is 2. The highest BCUT2D eigenvalue weighted by Gasteiger charge is 2.27. The van der Waals surface area contributed by atoms with Crippen LogP contribution in [0.15, 0.2) is 75.8 Å². The average molecular weight is 472 g/mol. The van der Waals surface area contributed by atoms with Gasteiger partial charge in [0.25, 0.3) is 5.91 Å². The monoisotopic (exact) mass is 471 g/mol. The summed E-state index contributed by atoms with van der Waals surface area (Å²) in [7, 11) is 0. The van der Waals surface area contributed by atoms with Gasteiger partial charge in [0, 0.05) is 48.4 Å². The lowest BCUT2D eigenvalue weighted by molar-refractivity contribution is 0.0923. The van der Waals surface area contributed by atoms with Crippen molar-refractivity contribution < 1.29 is 13.6 Å². The van der Waals surface area contributed by atoms with Crippen LogP contribution in [0.3, 0.4) is 0 Å². The van der Waals surface area contributed by atoms with Gasteiger partial charge in [-0.3, -0.25) is 9.69 Å². The van der Waals surface area contributed by atoms with Gasteiger partial charge in [0.1, 0.15) is 11.6 Å². The summed E-state index contributed by atoms with van der Waals surface area (Å²) in [6.45, 7) is 3.74. The average Bonchev–Trinajstić information content (AvgIpc) is 3.30. The highest BCUT2D eigenvalue weighted by Crippen LogP contribution is 2.24. The number of amides is 1. The Kier molecular flexibility index (Phi) is 6.50. The molecule has 1 aliphatic rings. The van der Waals surface area contributed by atoms with Crippen LogP contribution in [0.4, 0.5) is 10.1 Å². The smallest absolute Gasteiger partial charge is 0.251 e. The fourth-order valence-electron chi connectivity index (χ4n) is 3.73. The lowest BCUT2D eigenvalue weighted by Crippen LogP contribution is -2.49. The molecule has 0 bridgehead atoms. The van der Waals surface area contributed by atoms with E-state index in [4.69, 9.17) is 4.42 Å². The molecule has 2 heterocycles. The highest BCUT2D eigenvalue weighted by atomic mass is 79.9. The summed E-state index contributed by atoms with van der Waals surface area (Å²) >= 11 is 3.39. The molecule has 30 heavy (non-hydrogen) atoms. The van der Waals surface area contributed by atoms with Crippen molar-refractivity contribution in [1.29, 1.82) is 0 Å². The molecule has 4 rings (SSSR count). The summed E-state index contributed by atoms with van der Waals surface area (Å²) in [6, 6.07) is 17.7. The van der Waals surface area contributed by atoms with Gasteiger partial charge in [0.2, 0.25) is 0 Å². The second-order valence-corrected chi connectivity index (χ2v) is 8.16. The Morgan fingerprint density at radius 3 is 2.37 bits per heavy atom. The van der Waals surface area contributed by atoms with Crippen LogP contribution < -0.4 is 10.2 Å². The number of furan rings is 1. The van der Waals surface area contributed by atoms with Gasteiger partial charge in [0.05, 0.1) is 12.3 Å². The maximum Gasteiger partial charge on any atom is 0.251 e. The molecule has 1 N–H and O–H groups in total. The third-order valence-electron chi connectivity index (χ3n) is 5.38. The molecule has 1 aliphatic heterocycles. The first-order valence-corrected chi connectivity index (χ1v) is 10.7. The van der Waals surface area contributed by atoms with E-state index >= 15 is 0 Å². The molecule has 0 spiro atoms. The summed E-state index contributed by atoms with van der Waals surface area (Å²) in [4.78, 5) is 17.1. The Bertz CT molecular complexity index is 953. The maximum atomic E-state index is 13.2. The van der Waals surface area contributed by atoms with Gasteiger partial charge in [-0.05, 0) is 60.7 Å². The van der Waals surface area contributed by atoms with Gasteiger partial charge >= 0.3 is 0 Å². The van der Waals surface area contributed by atoms with E-state index in [1.165, 1.54) is 12.1 Å². The van der Waals surface area contributed by atoms with Crippen molar-refractivity contribution in [3.8, 4) is 0 Å². The zero-order valence-electron chi connectivity index (χ0n) is 16.4. The summed E-state index contributed by atoms with van der Waals surface area (Å²) in [5, 5.41) is 3.04. The van der Waals surface area contributed by atoms with Gasteiger partial charge in [-0.25, -0.2) is 4.39 Å². The molecule has 0 radical (unpaired) electrons. The molecule has 3 aromatic rings. The van der Waals surface area contributed by atoms with Crippen molar-refractivity contribution in [2.75, 3.05) is 37.6 Å². The number of rotatable bonds is 6. The second kappa shape index (κ2) is 9.45. The standard InChI is InChI=1S/C23H23BrFN3O2/c24-18-5-3-17(4-6-18)23(29)26-16-21(22-2-1-15-30-22)28-13-11-27(12-14-28)20-9-7-19(25)8-10-20/h1-10,15,21H,11-14,16H2,(H,26,29). The largest absolute Gasteiger partial charge is 0.468 e. The zero-order valence-corrected chi connectivity index (χ0v) is 18.0. The van der Waals surface area contributed by atoms with Gasteiger partial charge in [0.15, 0.2) is 0 Å². The molecule has 0 saturated carbocycles. The van der Waals surface area contributed by atoms with Crippen LogP contribution in [0.2, 0.25) is 0 Å². The van der Waals surface area contributed by atoms with E-state index < -0.39 is 0 Å². The summed E-state index contributed by atoms with van der Waals surface area (Å²) in [5.74, 6) is 0.502. The lowest BCUT2D eigenvalue weighted by atomic mass is 10.1. The molecular weight excluding hydrogens is 449 g/mol. The third-order valence-corrected chi connectivity index (χ3v) is 5.91. The van der Waals surface area contributed by atoms with Crippen molar-refractivity contribution >= 4 is 27.5 Å². The van der Waals surface area contributed by atoms with Crippen LogP contribution in [0.5, 0.6) is 0 Å². The van der Waals surface area contributed by atoms with Gasteiger partial charge < -0.3 is 14.6 Å². The number of anilines is 1. The van der Waals surface area contributed by atoms with Gasteiger partial charge in [-0.2, -0.15) is 0 Å². The predicted molar refractivity (Wildman–Crippen MR) is 118 cm³/mol. The molecule has 5 nitrogen and oxygen atoms in total. The Balaban J connectivity index is 1.40. The van der Waals surface area contributed by atoms with E-state index in [0.29, 0.717) is 12.1 Å². The summed E-state index contributed by atoms with van der Waals surface area (Å²) < 4.78 is 19.8. The van der Waals surface area contributed by atoms with Crippen LogP contribution >= 0.6 is 15.9 Å². The number of halogens is 2. The van der Waals surface area contributed by atoms with E-state index in [1.807, 2.05) is 36.4 Å². The topological polar surface area (TPSA) is 48.7 Å². The zero-order chi connectivity index (χ0) is 20.9. The SMILES string of the molecule is O=C(NCC(c1ccco1)N1CCN(c2ccc(F)cc2)CC1)c1ccc(Br)cc1. The molecule has 1 unspecified atom stereocenters. The van der Waals surface area contributed by atoms with Crippen LogP contribution in [0.25, 0.3) is 0 Å². The minimum Gasteiger partial charge on any atom is -0.468 e.